The van der Waals surface area contributed by atoms with Crippen LogP contribution >= 0.6 is 11.6 Å². The molecule has 0 radical (unpaired) electrons. The highest BCUT2D eigenvalue weighted by Gasteiger charge is 1.94. The Hall–Kier alpha value is -1.22. The van der Waals surface area contributed by atoms with Crippen LogP contribution in [0.1, 0.15) is 12.5 Å². The molecule has 0 spiro atoms. The van der Waals surface area contributed by atoms with Crippen LogP contribution in [0, 0.1) is 6.92 Å². The Morgan fingerprint density at radius 2 is 1.92 bits per heavy atom. The summed E-state index contributed by atoms with van der Waals surface area (Å²) in [5.41, 5.74) is 1.01. The normalized spacial score (nSPS) is 8.54. The third-order valence-corrected chi connectivity index (χ3v) is 1.42. The van der Waals surface area contributed by atoms with E-state index in [1.54, 1.807) is 12.1 Å². The quantitative estimate of drug-likeness (QED) is 0.680. The number of benzene rings is 1. The number of carboxylic acids is 1. The van der Waals surface area contributed by atoms with Crippen LogP contribution in [0.15, 0.2) is 18.2 Å². The van der Waals surface area contributed by atoms with Gasteiger partial charge in [-0.15, -0.1) is 0 Å². The molecule has 0 saturated carbocycles. The molecule has 13 heavy (non-hydrogen) atoms. The van der Waals surface area contributed by atoms with Crippen molar-refractivity contribution < 1.29 is 15.0 Å². The van der Waals surface area contributed by atoms with Crippen molar-refractivity contribution in [2.75, 3.05) is 0 Å². The molecule has 0 atom stereocenters. The minimum Gasteiger partial charge on any atom is -0.506 e. The second kappa shape index (κ2) is 5.43. The molecule has 1 rings (SSSR count). The molecule has 0 heterocycles. The van der Waals surface area contributed by atoms with Gasteiger partial charge in [-0.2, -0.15) is 0 Å². The SMILES string of the molecule is CC(=O)O.Cc1ccc(Cl)c(O)c1. The van der Waals surface area contributed by atoms with E-state index in [1.165, 1.54) is 0 Å². The summed E-state index contributed by atoms with van der Waals surface area (Å²) in [4.78, 5) is 9.00. The molecule has 0 bridgehead atoms. The van der Waals surface area contributed by atoms with E-state index in [0.29, 0.717) is 5.02 Å². The number of rotatable bonds is 0. The third-order valence-electron chi connectivity index (χ3n) is 1.10. The fourth-order valence-corrected chi connectivity index (χ4v) is 0.740. The Labute approximate surface area is 81.6 Å². The summed E-state index contributed by atoms with van der Waals surface area (Å²) < 4.78 is 0. The van der Waals surface area contributed by atoms with E-state index in [9.17, 15) is 0 Å². The zero-order valence-corrected chi connectivity index (χ0v) is 8.17. The van der Waals surface area contributed by atoms with Crippen LogP contribution in [0.5, 0.6) is 5.75 Å². The molecule has 0 aliphatic heterocycles. The molecule has 0 aromatic heterocycles. The molecule has 0 aliphatic carbocycles. The number of phenols is 1. The van der Waals surface area contributed by atoms with Gasteiger partial charge >= 0.3 is 0 Å². The van der Waals surface area contributed by atoms with Gasteiger partial charge in [-0.05, 0) is 24.6 Å². The van der Waals surface area contributed by atoms with Crippen molar-refractivity contribution >= 4 is 17.6 Å². The highest BCUT2D eigenvalue weighted by molar-refractivity contribution is 6.31. The average Bonchev–Trinajstić information content (AvgIpc) is 1.96. The summed E-state index contributed by atoms with van der Waals surface area (Å²) in [6.07, 6.45) is 0. The first-order valence-electron chi connectivity index (χ1n) is 3.58. The molecule has 3 nitrogen and oxygen atoms in total. The summed E-state index contributed by atoms with van der Waals surface area (Å²) in [5, 5.41) is 16.8. The van der Waals surface area contributed by atoms with Gasteiger partial charge in [-0.3, -0.25) is 4.79 Å². The van der Waals surface area contributed by atoms with E-state index in [-0.39, 0.29) is 5.75 Å². The van der Waals surface area contributed by atoms with Gasteiger partial charge in [0.25, 0.3) is 5.97 Å². The van der Waals surface area contributed by atoms with Gasteiger partial charge in [0.05, 0.1) is 5.02 Å². The highest BCUT2D eigenvalue weighted by atomic mass is 35.5. The van der Waals surface area contributed by atoms with Crippen LogP contribution in [0.4, 0.5) is 0 Å². The van der Waals surface area contributed by atoms with Gasteiger partial charge in [0.15, 0.2) is 0 Å². The largest absolute Gasteiger partial charge is 0.506 e. The Bertz CT molecular complexity index is 293. The van der Waals surface area contributed by atoms with E-state index in [0.717, 1.165) is 12.5 Å². The zero-order chi connectivity index (χ0) is 10.4. The number of aryl methyl sites for hydroxylation is 1. The first kappa shape index (κ1) is 11.8. The van der Waals surface area contributed by atoms with Gasteiger partial charge in [0.2, 0.25) is 0 Å². The number of carbonyl (C=O) groups is 1. The number of hydrogen-bond acceptors (Lipinski definition) is 2. The molecule has 0 unspecified atom stereocenters. The van der Waals surface area contributed by atoms with Crippen molar-refractivity contribution in [1.82, 2.24) is 0 Å². The van der Waals surface area contributed by atoms with E-state index in [4.69, 9.17) is 26.6 Å². The summed E-state index contributed by atoms with van der Waals surface area (Å²) in [6, 6.07) is 5.15. The number of hydrogen-bond donors (Lipinski definition) is 2. The second-order valence-corrected chi connectivity index (χ2v) is 2.88. The maximum atomic E-state index is 9.00. The van der Waals surface area contributed by atoms with Crippen molar-refractivity contribution in [3.05, 3.63) is 28.8 Å². The number of phenolic OH excluding ortho intramolecular Hbond substituents is 1. The van der Waals surface area contributed by atoms with Gasteiger partial charge in [0.1, 0.15) is 5.75 Å². The van der Waals surface area contributed by atoms with Gasteiger partial charge in [0, 0.05) is 6.92 Å². The minimum atomic E-state index is -0.833. The second-order valence-electron chi connectivity index (χ2n) is 2.47. The maximum Gasteiger partial charge on any atom is 0.300 e. The summed E-state index contributed by atoms with van der Waals surface area (Å²) >= 11 is 5.53. The molecule has 2 N–H and O–H groups in total. The van der Waals surface area contributed by atoms with Crippen molar-refractivity contribution in [3.8, 4) is 5.75 Å². The summed E-state index contributed by atoms with van der Waals surface area (Å²) in [5.74, 6) is -0.684. The molecule has 1 aromatic carbocycles. The van der Waals surface area contributed by atoms with E-state index in [2.05, 4.69) is 0 Å². The van der Waals surface area contributed by atoms with Crippen molar-refractivity contribution in [2.24, 2.45) is 0 Å². The lowest BCUT2D eigenvalue weighted by molar-refractivity contribution is -0.134. The molecular formula is C9H11ClO3. The maximum absolute atomic E-state index is 9.00. The number of aliphatic carboxylic acids is 1. The lowest BCUT2D eigenvalue weighted by Gasteiger charge is -1.95. The standard InChI is InChI=1S/C7H7ClO.C2H4O2/c1-5-2-3-6(8)7(9)4-5;1-2(3)4/h2-4,9H,1H3;1H3,(H,3,4). The fourth-order valence-electron chi connectivity index (χ4n) is 0.623. The van der Waals surface area contributed by atoms with Crippen LogP contribution in [0.25, 0.3) is 0 Å². The monoisotopic (exact) mass is 202 g/mol. The molecular weight excluding hydrogens is 192 g/mol. The third kappa shape index (κ3) is 5.99. The Morgan fingerprint density at radius 3 is 2.23 bits per heavy atom. The lowest BCUT2D eigenvalue weighted by atomic mass is 10.2. The van der Waals surface area contributed by atoms with Crippen molar-refractivity contribution in [3.63, 3.8) is 0 Å². The minimum absolute atomic E-state index is 0.150. The predicted octanol–water partition coefficient (Wildman–Crippen LogP) is 2.44. The van der Waals surface area contributed by atoms with Gasteiger partial charge in [-0.1, -0.05) is 17.7 Å². The van der Waals surface area contributed by atoms with Crippen LogP contribution in [0.3, 0.4) is 0 Å². The molecule has 0 saturated heterocycles. The number of aromatic hydroxyl groups is 1. The summed E-state index contributed by atoms with van der Waals surface area (Å²) in [7, 11) is 0. The highest BCUT2D eigenvalue weighted by Crippen LogP contribution is 2.22. The van der Waals surface area contributed by atoms with Crippen LogP contribution < -0.4 is 0 Å². The predicted molar refractivity (Wildman–Crippen MR) is 51.2 cm³/mol. The summed E-state index contributed by atoms with van der Waals surface area (Å²) in [6.45, 7) is 2.98. The number of carboxylic acid groups (broad SMARTS) is 1. The van der Waals surface area contributed by atoms with Gasteiger partial charge in [-0.25, -0.2) is 0 Å². The van der Waals surface area contributed by atoms with E-state index < -0.39 is 5.97 Å². The molecule has 0 amide bonds. The molecule has 0 aliphatic rings. The zero-order valence-electron chi connectivity index (χ0n) is 7.41. The molecule has 72 valence electrons. The molecule has 0 fully saturated rings. The molecule has 4 heteroatoms. The van der Waals surface area contributed by atoms with Crippen molar-refractivity contribution in [2.45, 2.75) is 13.8 Å². The lowest BCUT2D eigenvalue weighted by Crippen LogP contribution is -1.78. The van der Waals surface area contributed by atoms with Crippen LogP contribution in [-0.2, 0) is 4.79 Å². The fraction of sp³-hybridized carbons (Fsp3) is 0.222. The Balaban J connectivity index is 0.000000310. The van der Waals surface area contributed by atoms with E-state index in [1.807, 2.05) is 13.0 Å². The topological polar surface area (TPSA) is 57.5 Å². The average molecular weight is 203 g/mol. The first-order chi connectivity index (χ1) is 5.93. The Morgan fingerprint density at radius 1 is 1.46 bits per heavy atom. The van der Waals surface area contributed by atoms with Crippen LogP contribution in [0.2, 0.25) is 5.02 Å². The van der Waals surface area contributed by atoms with E-state index >= 15 is 0 Å². The van der Waals surface area contributed by atoms with Gasteiger partial charge < -0.3 is 10.2 Å². The number of halogens is 1. The Kier molecular flexibility index (Phi) is 4.92. The van der Waals surface area contributed by atoms with Crippen molar-refractivity contribution in [1.29, 1.82) is 0 Å². The molecule has 1 aromatic rings. The smallest absolute Gasteiger partial charge is 0.300 e. The van der Waals surface area contributed by atoms with Crippen LogP contribution in [-0.4, -0.2) is 16.2 Å². The first-order valence-corrected chi connectivity index (χ1v) is 3.96.